The third-order valence-corrected chi connectivity index (χ3v) is 7.35. The van der Waals surface area contributed by atoms with Crippen LogP contribution in [0.4, 0.5) is 8.78 Å². The van der Waals surface area contributed by atoms with Gasteiger partial charge in [0, 0.05) is 18.7 Å². The number of nitrogens with zero attached hydrogens (tertiary/aromatic N) is 3. The number of aliphatic hydroxyl groups is 1. The predicted molar refractivity (Wildman–Crippen MR) is 135 cm³/mol. The van der Waals surface area contributed by atoms with Gasteiger partial charge in [0.25, 0.3) is 5.91 Å². The molecule has 0 spiro atoms. The van der Waals surface area contributed by atoms with Crippen LogP contribution in [0.2, 0.25) is 0 Å². The summed E-state index contributed by atoms with van der Waals surface area (Å²) in [5.74, 6) is 0.271. The van der Waals surface area contributed by atoms with Crippen molar-refractivity contribution in [3.05, 3.63) is 47.9 Å². The average molecular weight is 502 g/mol. The zero-order chi connectivity index (χ0) is 25.9. The molecule has 8 heteroatoms. The molecule has 2 unspecified atom stereocenters. The zero-order valence-corrected chi connectivity index (χ0v) is 21.4. The van der Waals surface area contributed by atoms with E-state index >= 15 is 0 Å². The Hall–Kier alpha value is -2.58. The summed E-state index contributed by atoms with van der Waals surface area (Å²) in [4.78, 5) is 21.0. The first kappa shape index (κ1) is 26.5. The minimum Gasteiger partial charge on any atom is -0.492 e. The molecule has 6 nitrogen and oxygen atoms in total. The van der Waals surface area contributed by atoms with Crippen LogP contribution < -0.4 is 4.74 Å². The number of carbonyl (C=O) groups excluding carboxylic acids is 1. The molecule has 0 saturated carbocycles. The van der Waals surface area contributed by atoms with Gasteiger partial charge in [0.05, 0.1) is 36.7 Å². The molecule has 2 saturated heterocycles. The van der Waals surface area contributed by atoms with Gasteiger partial charge in [-0.25, -0.2) is 8.78 Å². The van der Waals surface area contributed by atoms with E-state index in [-0.39, 0.29) is 24.1 Å². The average Bonchev–Trinajstić information content (AvgIpc) is 3.23. The molecular formula is C28H37F2N3O3. The molecule has 1 N–H and O–H groups in total. The molecule has 0 bridgehead atoms. The van der Waals surface area contributed by atoms with Crippen LogP contribution in [0.5, 0.6) is 5.75 Å². The molecule has 2 fully saturated rings. The summed E-state index contributed by atoms with van der Waals surface area (Å²) < 4.78 is 34.7. The SMILES string of the molecule is CC1CCN(C(=O)c2ccc(-c3ccc(OCC4CCN(CC(C)(C)F)CC4)cn3)cc2F)C1CO. The van der Waals surface area contributed by atoms with Crippen LogP contribution >= 0.6 is 0 Å². The van der Waals surface area contributed by atoms with Crippen LogP contribution in [-0.4, -0.2) is 76.9 Å². The number of likely N-dealkylation sites (tertiary alicyclic amines) is 2. The van der Waals surface area contributed by atoms with E-state index in [1.165, 1.54) is 12.1 Å². The van der Waals surface area contributed by atoms with Gasteiger partial charge in [-0.1, -0.05) is 13.0 Å². The number of halogens is 2. The number of aliphatic hydroxyl groups excluding tert-OH is 1. The number of hydrogen-bond donors (Lipinski definition) is 1. The number of aromatic nitrogens is 1. The first-order valence-corrected chi connectivity index (χ1v) is 12.9. The molecule has 2 atom stereocenters. The molecule has 4 rings (SSSR count). The lowest BCUT2D eigenvalue weighted by Gasteiger charge is -2.34. The standard InChI is InChI=1S/C28H37F2N3O3/c1-19-8-13-33(26(19)16-34)27(35)23-6-4-21(14-24(23)29)25-7-5-22(15-31-25)36-17-20-9-11-32(12-10-20)18-28(2,3)30/h4-7,14-15,19-20,26,34H,8-13,16-18H2,1-3H3. The second-order valence-electron chi connectivity index (χ2n) is 10.8. The maximum absolute atomic E-state index is 14.9. The Morgan fingerprint density at radius 2 is 1.92 bits per heavy atom. The fraction of sp³-hybridized carbons (Fsp3) is 0.571. The van der Waals surface area contributed by atoms with E-state index in [0.29, 0.717) is 42.6 Å². The molecule has 2 aromatic rings. The van der Waals surface area contributed by atoms with Gasteiger partial charge in [-0.05, 0) is 82.3 Å². The molecule has 36 heavy (non-hydrogen) atoms. The Morgan fingerprint density at radius 1 is 1.17 bits per heavy atom. The van der Waals surface area contributed by atoms with Gasteiger partial charge in [-0.15, -0.1) is 0 Å². The number of amides is 1. The molecule has 0 aliphatic carbocycles. The number of ether oxygens (including phenoxy) is 1. The van der Waals surface area contributed by atoms with Crippen LogP contribution in [0.15, 0.2) is 36.5 Å². The Labute approximate surface area is 212 Å². The van der Waals surface area contributed by atoms with Crippen molar-refractivity contribution in [3.8, 4) is 17.0 Å². The number of alkyl halides is 1. The number of rotatable bonds is 8. The van der Waals surface area contributed by atoms with Crippen molar-refractivity contribution in [2.75, 3.05) is 39.4 Å². The largest absolute Gasteiger partial charge is 0.492 e. The van der Waals surface area contributed by atoms with Gasteiger partial charge in [0.1, 0.15) is 17.2 Å². The number of piperidine rings is 1. The lowest BCUT2D eigenvalue weighted by Crippen LogP contribution is -2.41. The highest BCUT2D eigenvalue weighted by molar-refractivity contribution is 5.95. The molecular weight excluding hydrogens is 464 g/mol. The summed E-state index contributed by atoms with van der Waals surface area (Å²) in [5.41, 5.74) is -0.00416. The molecule has 1 aromatic heterocycles. The van der Waals surface area contributed by atoms with Crippen LogP contribution in [0.3, 0.4) is 0 Å². The normalized spacial score (nSPS) is 21.7. The van der Waals surface area contributed by atoms with Crippen molar-refractivity contribution in [2.24, 2.45) is 11.8 Å². The number of benzene rings is 1. The zero-order valence-electron chi connectivity index (χ0n) is 21.4. The van der Waals surface area contributed by atoms with Crippen LogP contribution in [0.1, 0.15) is 50.4 Å². The Balaban J connectivity index is 1.32. The van der Waals surface area contributed by atoms with Crippen LogP contribution in [0, 0.1) is 17.7 Å². The van der Waals surface area contributed by atoms with Crippen molar-refractivity contribution < 1.29 is 23.4 Å². The van der Waals surface area contributed by atoms with E-state index in [2.05, 4.69) is 9.88 Å². The molecule has 0 radical (unpaired) electrons. The van der Waals surface area contributed by atoms with Crippen molar-refractivity contribution in [3.63, 3.8) is 0 Å². The monoisotopic (exact) mass is 501 g/mol. The molecule has 1 amide bonds. The summed E-state index contributed by atoms with van der Waals surface area (Å²) in [6.07, 6.45) is 4.37. The predicted octanol–water partition coefficient (Wildman–Crippen LogP) is 4.57. The van der Waals surface area contributed by atoms with Gasteiger partial charge >= 0.3 is 0 Å². The van der Waals surface area contributed by atoms with Gasteiger partial charge < -0.3 is 19.6 Å². The molecule has 3 heterocycles. The third-order valence-electron chi connectivity index (χ3n) is 7.35. The fourth-order valence-electron chi connectivity index (χ4n) is 5.23. The van der Waals surface area contributed by atoms with Crippen molar-refractivity contribution >= 4 is 5.91 Å². The van der Waals surface area contributed by atoms with Gasteiger partial charge in [0.15, 0.2) is 0 Å². The highest BCUT2D eigenvalue weighted by Crippen LogP contribution is 2.28. The van der Waals surface area contributed by atoms with E-state index in [0.717, 1.165) is 32.4 Å². The summed E-state index contributed by atoms with van der Waals surface area (Å²) in [6, 6.07) is 7.83. The summed E-state index contributed by atoms with van der Waals surface area (Å²) in [5, 5.41) is 9.63. The number of pyridine rings is 1. The quantitative estimate of drug-likeness (QED) is 0.574. The number of carbonyl (C=O) groups is 1. The lowest BCUT2D eigenvalue weighted by molar-refractivity contribution is 0.0643. The lowest BCUT2D eigenvalue weighted by atomic mass is 9.97. The topological polar surface area (TPSA) is 65.9 Å². The van der Waals surface area contributed by atoms with Crippen molar-refractivity contribution in [1.82, 2.24) is 14.8 Å². The summed E-state index contributed by atoms with van der Waals surface area (Å²) in [7, 11) is 0. The first-order chi connectivity index (χ1) is 17.1. The molecule has 196 valence electrons. The van der Waals surface area contributed by atoms with Gasteiger partial charge in [-0.2, -0.15) is 0 Å². The summed E-state index contributed by atoms with van der Waals surface area (Å²) in [6.45, 7) is 8.41. The maximum Gasteiger partial charge on any atom is 0.257 e. The summed E-state index contributed by atoms with van der Waals surface area (Å²) >= 11 is 0. The fourth-order valence-corrected chi connectivity index (χ4v) is 5.23. The van der Waals surface area contributed by atoms with Crippen molar-refractivity contribution in [2.45, 2.75) is 51.7 Å². The highest BCUT2D eigenvalue weighted by atomic mass is 19.1. The Kier molecular flexibility index (Phi) is 8.25. The number of hydrogen-bond acceptors (Lipinski definition) is 5. The van der Waals surface area contributed by atoms with Crippen LogP contribution in [0.25, 0.3) is 11.3 Å². The van der Waals surface area contributed by atoms with Gasteiger partial charge in [-0.3, -0.25) is 9.78 Å². The third kappa shape index (κ3) is 6.40. The van der Waals surface area contributed by atoms with Crippen molar-refractivity contribution in [1.29, 1.82) is 0 Å². The van der Waals surface area contributed by atoms with Crippen LogP contribution in [-0.2, 0) is 0 Å². The molecule has 1 aromatic carbocycles. The Morgan fingerprint density at radius 3 is 2.53 bits per heavy atom. The first-order valence-electron chi connectivity index (χ1n) is 12.9. The van der Waals surface area contributed by atoms with E-state index in [1.54, 1.807) is 37.1 Å². The minimum atomic E-state index is -1.18. The Bertz CT molecular complexity index is 1030. The van der Waals surface area contributed by atoms with E-state index in [4.69, 9.17) is 4.74 Å². The second kappa shape index (κ2) is 11.2. The second-order valence-corrected chi connectivity index (χ2v) is 10.8. The minimum absolute atomic E-state index is 0.00683. The van der Waals surface area contributed by atoms with Gasteiger partial charge in [0.2, 0.25) is 0 Å². The molecule has 2 aliphatic rings. The van der Waals surface area contributed by atoms with E-state index in [1.807, 2.05) is 13.0 Å². The maximum atomic E-state index is 14.9. The smallest absolute Gasteiger partial charge is 0.257 e. The van der Waals surface area contributed by atoms with E-state index < -0.39 is 17.4 Å². The molecule has 2 aliphatic heterocycles. The van der Waals surface area contributed by atoms with E-state index in [9.17, 15) is 18.7 Å². The highest BCUT2D eigenvalue weighted by Gasteiger charge is 2.35.